The summed E-state index contributed by atoms with van der Waals surface area (Å²) in [5.74, 6) is 3.47. The highest BCUT2D eigenvalue weighted by Gasteiger charge is 2.45. The fraction of sp³-hybridized carbons (Fsp3) is 0.0357. The quantitative estimate of drug-likeness (QED) is 0.163. The van der Waals surface area contributed by atoms with Crippen LogP contribution in [0.2, 0.25) is 0 Å². The Balaban J connectivity index is 1.02. The molecule has 0 saturated carbocycles. The molecule has 0 bridgehead atoms. The van der Waals surface area contributed by atoms with Crippen LogP contribution in [0.4, 0.5) is 0 Å². The second-order valence-electron chi connectivity index (χ2n) is 17.7. The molecule has 4 nitrogen and oxygen atoms in total. The van der Waals surface area contributed by atoms with Crippen molar-refractivity contribution < 1.29 is 9.47 Å². The second kappa shape index (κ2) is 11.6. The van der Waals surface area contributed by atoms with E-state index in [1.54, 1.807) is 0 Å². The third-order valence-electron chi connectivity index (χ3n) is 14.3. The van der Waals surface area contributed by atoms with Gasteiger partial charge in [0.05, 0.1) is 11.0 Å². The predicted molar refractivity (Wildman–Crippen MR) is 258 cm³/mol. The topological polar surface area (TPSA) is 28.3 Å². The molecule has 15 rings (SSSR count). The first-order valence-electron chi connectivity index (χ1n) is 21.6. The van der Waals surface area contributed by atoms with Crippen molar-refractivity contribution in [3.05, 3.63) is 181 Å². The minimum atomic E-state index is -0.0442. The lowest BCUT2D eigenvalue weighted by molar-refractivity contribution is 0.465. The zero-order valence-electron chi connectivity index (χ0n) is 34.0. The van der Waals surface area contributed by atoms with E-state index in [-0.39, 0.29) is 13.4 Å². The van der Waals surface area contributed by atoms with Gasteiger partial charge in [-0.05, 0) is 105 Å². The Hall–Kier alpha value is -7.69. The summed E-state index contributed by atoms with van der Waals surface area (Å²) in [6.45, 7) is 4.20. The van der Waals surface area contributed by atoms with Crippen molar-refractivity contribution >= 4 is 89.8 Å². The molecular weight excluding hydrogens is 754 g/mol. The summed E-state index contributed by atoms with van der Waals surface area (Å²) in [7, 11) is 0. The van der Waals surface area contributed by atoms with Crippen LogP contribution in [0.3, 0.4) is 0 Å². The molecule has 62 heavy (non-hydrogen) atoms. The highest BCUT2D eigenvalue weighted by molar-refractivity contribution is 7.02. The molecule has 0 radical (unpaired) electrons. The van der Waals surface area contributed by atoms with Gasteiger partial charge in [0.2, 0.25) is 0 Å². The summed E-state index contributed by atoms with van der Waals surface area (Å²) in [6.07, 6.45) is 0. The molecule has 4 aliphatic heterocycles. The molecule has 286 valence electrons. The van der Waals surface area contributed by atoms with Gasteiger partial charge in [0.15, 0.2) is 0 Å². The summed E-state index contributed by atoms with van der Waals surface area (Å²) in [6, 6.07) is 63.0. The SMILES string of the molecule is Cc1ccc(-c2cc3c4c(c2)-n2c5ccccc5c5cccc(c52)B4c2cc4c(cc2O3)Oc2cc(-c3ccc(C)cc3)cc3c2B4c2cccc4c5ccccc5n-3c24)cc1. The number of hydrogen-bond acceptors (Lipinski definition) is 2. The minimum absolute atomic E-state index is 0.0442. The Morgan fingerprint density at radius 3 is 1.26 bits per heavy atom. The van der Waals surface area contributed by atoms with Crippen LogP contribution in [0, 0.1) is 13.8 Å². The number of nitrogens with zero attached hydrogens (tertiary/aromatic N) is 2. The van der Waals surface area contributed by atoms with Crippen LogP contribution in [0.15, 0.2) is 170 Å². The van der Waals surface area contributed by atoms with Gasteiger partial charge in [-0.2, -0.15) is 0 Å². The summed E-state index contributed by atoms with van der Waals surface area (Å²) in [4.78, 5) is 0. The summed E-state index contributed by atoms with van der Waals surface area (Å²) in [5.41, 5.74) is 21.8. The van der Waals surface area contributed by atoms with Gasteiger partial charge < -0.3 is 18.6 Å². The van der Waals surface area contributed by atoms with E-state index in [4.69, 9.17) is 9.47 Å². The average Bonchev–Trinajstić information content (AvgIpc) is 3.83. The Kier molecular flexibility index (Phi) is 6.17. The molecule has 0 unspecified atom stereocenters. The Morgan fingerprint density at radius 1 is 0.355 bits per heavy atom. The van der Waals surface area contributed by atoms with E-state index in [1.807, 2.05) is 0 Å². The lowest BCUT2D eigenvalue weighted by Crippen LogP contribution is -2.62. The minimum Gasteiger partial charge on any atom is -0.458 e. The Morgan fingerprint density at radius 2 is 0.790 bits per heavy atom. The number of benzene rings is 9. The monoisotopic (exact) mass is 788 g/mol. The first-order chi connectivity index (χ1) is 30.6. The number of ether oxygens (including phenoxy) is 2. The molecule has 6 heterocycles. The molecule has 0 N–H and O–H groups in total. The zero-order chi connectivity index (χ0) is 40.5. The maximum atomic E-state index is 7.23. The number of rotatable bonds is 2. The molecule has 0 aliphatic carbocycles. The van der Waals surface area contributed by atoms with Gasteiger partial charge in [0.25, 0.3) is 13.4 Å². The van der Waals surface area contributed by atoms with Crippen LogP contribution in [0.5, 0.6) is 23.0 Å². The molecule has 0 spiro atoms. The van der Waals surface area contributed by atoms with Gasteiger partial charge in [-0.15, -0.1) is 0 Å². The summed E-state index contributed by atoms with van der Waals surface area (Å²) < 4.78 is 19.5. The summed E-state index contributed by atoms with van der Waals surface area (Å²) in [5, 5.41) is 5.07. The van der Waals surface area contributed by atoms with Crippen molar-refractivity contribution in [2.75, 3.05) is 0 Å². The molecule has 0 saturated heterocycles. The van der Waals surface area contributed by atoms with Crippen molar-refractivity contribution in [2.45, 2.75) is 13.8 Å². The zero-order valence-corrected chi connectivity index (χ0v) is 34.0. The highest BCUT2D eigenvalue weighted by Crippen LogP contribution is 2.43. The van der Waals surface area contributed by atoms with E-state index in [2.05, 4.69) is 193 Å². The summed E-state index contributed by atoms with van der Waals surface area (Å²) >= 11 is 0. The van der Waals surface area contributed by atoms with Gasteiger partial charge in [-0.25, -0.2) is 0 Å². The van der Waals surface area contributed by atoms with Crippen LogP contribution in [-0.4, -0.2) is 22.6 Å². The number of aryl methyl sites for hydroxylation is 2. The molecule has 0 amide bonds. The van der Waals surface area contributed by atoms with Crippen LogP contribution < -0.4 is 42.3 Å². The van der Waals surface area contributed by atoms with E-state index in [1.165, 1.54) is 110 Å². The molecule has 6 heteroatoms. The lowest BCUT2D eigenvalue weighted by Gasteiger charge is -2.37. The second-order valence-corrected chi connectivity index (χ2v) is 17.7. The van der Waals surface area contributed by atoms with Gasteiger partial charge in [0.1, 0.15) is 23.0 Å². The first kappa shape index (κ1) is 33.1. The predicted octanol–water partition coefficient (Wildman–Crippen LogP) is 9.70. The fourth-order valence-electron chi connectivity index (χ4n) is 11.6. The third kappa shape index (κ3) is 4.14. The maximum absolute atomic E-state index is 7.23. The van der Waals surface area contributed by atoms with Crippen LogP contribution in [-0.2, 0) is 0 Å². The first-order valence-corrected chi connectivity index (χ1v) is 21.6. The van der Waals surface area contributed by atoms with Crippen molar-refractivity contribution in [3.8, 4) is 56.6 Å². The Labute approximate surface area is 358 Å². The Bertz CT molecular complexity index is 3590. The number of fused-ring (bicyclic) bond motifs is 14. The average molecular weight is 789 g/mol. The van der Waals surface area contributed by atoms with Crippen LogP contribution >= 0.6 is 0 Å². The molecule has 11 aromatic rings. The number of aromatic nitrogens is 2. The maximum Gasteiger partial charge on any atom is 0.256 e. The van der Waals surface area contributed by atoms with Crippen molar-refractivity contribution in [3.63, 3.8) is 0 Å². The standard InChI is InChI=1S/C56H34B2N2O2/c1-31-17-21-33(22-18-31)35-25-47-53-51(27-35)61-49-30-50-44(29-43(49)57(53)41-13-7-11-39-37-9-3-5-15-45(37)59(47)55(39)41)58-42-14-8-12-40-38-10-4-6-16-46(38)60(56(40)42)48-26-36(28-52(62-50)54(48)58)34-23-19-32(2)20-24-34/h3-30H,1-2H3. The normalized spacial score (nSPS) is 13.5. The van der Waals surface area contributed by atoms with E-state index in [0.717, 1.165) is 34.1 Å². The largest absolute Gasteiger partial charge is 0.458 e. The smallest absolute Gasteiger partial charge is 0.256 e. The van der Waals surface area contributed by atoms with E-state index < -0.39 is 0 Å². The van der Waals surface area contributed by atoms with Crippen molar-refractivity contribution in [2.24, 2.45) is 0 Å². The van der Waals surface area contributed by atoms with Gasteiger partial charge >= 0.3 is 0 Å². The highest BCUT2D eigenvalue weighted by atomic mass is 16.5. The van der Waals surface area contributed by atoms with Crippen LogP contribution in [0.25, 0.3) is 77.2 Å². The van der Waals surface area contributed by atoms with E-state index in [0.29, 0.717) is 0 Å². The fourth-order valence-corrected chi connectivity index (χ4v) is 11.6. The van der Waals surface area contributed by atoms with Gasteiger partial charge in [-0.1, -0.05) is 139 Å². The molecule has 0 fully saturated rings. The molecule has 0 atom stereocenters. The van der Waals surface area contributed by atoms with E-state index in [9.17, 15) is 0 Å². The molecular formula is C56H34B2N2O2. The molecule has 9 aromatic carbocycles. The van der Waals surface area contributed by atoms with Gasteiger partial charge in [-0.3, -0.25) is 0 Å². The van der Waals surface area contributed by atoms with Gasteiger partial charge in [0, 0.05) is 50.0 Å². The van der Waals surface area contributed by atoms with E-state index >= 15 is 0 Å². The van der Waals surface area contributed by atoms with Crippen molar-refractivity contribution in [1.29, 1.82) is 0 Å². The number of para-hydroxylation sites is 4. The lowest BCUT2D eigenvalue weighted by atomic mass is 9.31. The van der Waals surface area contributed by atoms with Crippen LogP contribution in [0.1, 0.15) is 11.1 Å². The van der Waals surface area contributed by atoms with Crippen molar-refractivity contribution in [1.82, 2.24) is 9.13 Å². The third-order valence-corrected chi connectivity index (χ3v) is 14.3. The molecule has 2 aromatic heterocycles. The number of hydrogen-bond donors (Lipinski definition) is 0. The molecule has 4 aliphatic rings.